The third-order valence-corrected chi connectivity index (χ3v) is 3.77. The van der Waals surface area contributed by atoms with Gasteiger partial charge in [-0.1, -0.05) is 0 Å². The summed E-state index contributed by atoms with van der Waals surface area (Å²) >= 11 is 0. The molecule has 1 saturated heterocycles. The Kier molecular flexibility index (Phi) is 3.40. The molecule has 2 atom stereocenters. The van der Waals surface area contributed by atoms with Gasteiger partial charge in [0.25, 0.3) is 10.0 Å². The molecule has 14 heavy (non-hydrogen) atoms. The van der Waals surface area contributed by atoms with Crippen molar-refractivity contribution < 1.29 is 22.3 Å². The van der Waals surface area contributed by atoms with Crippen molar-refractivity contribution in [1.82, 2.24) is 9.62 Å². The molecule has 0 saturated carbocycles. The Balaban J connectivity index is 2.79. The number of halogens is 2. The van der Waals surface area contributed by atoms with Crippen molar-refractivity contribution in [2.24, 2.45) is 0 Å². The number of aliphatic hydroxyl groups excluding tert-OH is 1. The first-order valence-corrected chi connectivity index (χ1v) is 5.51. The number of nitrogens with one attached hydrogen (secondary N) is 1. The fraction of sp³-hybridized carbons (Fsp3) is 1.00. The highest BCUT2D eigenvalue weighted by Crippen LogP contribution is 2.16. The van der Waals surface area contributed by atoms with E-state index in [2.05, 4.69) is 5.32 Å². The number of sulfonamides is 1. The molecule has 84 valence electrons. The van der Waals surface area contributed by atoms with E-state index in [9.17, 15) is 22.3 Å². The molecule has 0 spiro atoms. The Bertz CT molecular complexity index is 295. The molecule has 0 aromatic rings. The second-order valence-electron chi connectivity index (χ2n) is 3.11. The first-order chi connectivity index (χ1) is 6.37. The number of nitrogens with zero attached hydrogens (tertiary/aromatic N) is 1. The summed E-state index contributed by atoms with van der Waals surface area (Å²) < 4.78 is 46.8. The highest BCUT2D eigenvalue weighted by atomic mass is 32.2. The topological polar surface area (TPSA) is 69.6 Å². The van der Waals surface area contributed by atoms with Gasteiger partial charge in [0.2, 0.25) is 0 Å². The van der Waals surface area contributed by atoms with Gasteiger partial charge < -0.3 is 10.4 Å². The van der Waals surface area contributed by atoms with E-state index in [4.69, 9.17) is 0 Å². The lowest BCUT2D eigenvalue weighted by Gasteiger charge is -2.24. The summed E-state index contributed by atoms with van der Waals surface area (Å²) in [6, 6.07) is -0.811. The van der Waals surface area contributed by atoms with Gasteiger partial charge in [0.1, 0.15) is 0 Å². The van der Waals surface area contributed by atoms with E-state index in [0.29, 0.717) is 4.31 Å². The SMILES string of the molecule is CN([C@@H]1CNC[C@H]1O)S(=O)(=O)C(F)F. The summed E-state index contributed by atoms with van der Waals surface area (Å²) in [5.74, 6) is -3.44. The van der Waals surface area contributed by atoms with Crippen molar-refractivity contribution in [3.05, 3.63) is 0 Å². The molecule has 0 aromatic carbocycles. The van der Waals surface area contributed by atoms with E-state index in [1.54, 1.807) is 0 Å². The van der Waals surface area contributed by atoms with Crippen molar-refractivity contribution >= 4 is 10.0 Å². The van der Waals surface area contributed by atoms with Gasteiger partial charge in [0.15, 0.2) is 0 Å². The van der Waals surface area contributed by atoms with Gasteiger partial charge >= 0.3 is 5.76 Å². The molecule has 0 unspecified atom stereocenters. The summed E-state index contributed by atoms with van der Waals surface area (Å²) in [5.41, 5.74) is 0. The van der Waals surface area contributed by atoms with Crippen LogP contribution in [0.3, 0.4) is 0 Å². The Morgan fingerprint density at radius 2 is 2.07 bits per heavy atom. The van der Waals surface area contributed by atoms with Gasteiger partial charge in [-0.2, -0.15) is 13.1 Å². The molecular weight excluding hydrogens is 218 g/mol. The molecule has 1 fully saturated rings. The van der Waals surface area contributed by atoms with Crippen LogP contribution < -0.4 is 5.32 Å². The summed E-state index contributed by atoms with van der Waals surface area (Å²) in [6.07, 6.45) is -0.937. The first-order valence-electron chi connectivity index (χ1n) is 4.01. The zero-order valence-corrected chi connectivity index (χ0v) is 8.34. The van der Waals surface area contributed by atoms with Gasteiger partial charge in [-0.15, -0.1) is 0 Å². The number of hydrogen-bond acceptors (Lipinski definition) is 4. The molecule has 1 aliphatic rings. The van der Waals surface area contributed by atoms with E-state index in [-0.39, 0.29) is 13.1 Å². The van der Waals surface area contributed by atoms with Crippen molar-refractivity contribution in [2.75, 3.05) is 20.1 Å². The van der Waals surface area contributed by atoms with Gasteiger partial charge in [-0.05, 0) is 0 Å². The van der Waals surface area contributed by atoms with E-state index < -0.39 is 27.9 Å². The minimum absolute atomic E-state index is 0.184. The molecule has 0 aliphatic carbocycles. The minimum atomic E-state index is -4.59. The number of alkyl halides is 2. The maximum absolute atomic E-state index is 12.1. The van der Waals surface area contributed by atoms with Gasteiger partial charge in [0.05, 0.1) is 12.1 Å². The Labute approximate surface area is 80.8 Å². The van der Waals surface area contributed by atoms with Crippen LogP contribution >= 0.6 is 0 Å². The Morgan fingerprint density at radius 3 is 2.43 bits per heavy atom. The lowest BCUT2D eigenvalue weighted by molar-refractivity contribution is 0.130. The maximum Gasteiger partial charge on any atom is 0.350 e. The highest BCUT2D eigenvalue weighted by molar-refractivity contribution is 7.89. The Hall–Kier alpha value is -0.310. The molecular formula is C6H12F2N2O3S. The summed E-state index contributed by atoms with van der Waals surface area (Å²) in [4.78, 5) is 0. The van der Waals surface area contributed by atoms with E-state index >= 15 is 0 Å². The highest BCUT2D eigenvalue weighted by Gasteiger charge is 2.39. The molecule has 1 aliphatic heterocycles. The average molecular weight is 230 g/mol. The molecule has 5 nitrogen and oxygen atoms in total. The minimum Gasteiger partial charge on any atom is -0.390 e. The summed E-state index contributed by atoms with van der Waals surface area (Å²) in [7, 11) is -3.55. The number of rotatable bonds is 3. The Morgan fingerprint density at radius 1 is 1.50 bits per heavy atom. The second kappa shape index (κ2) is 4.05. The monoisotopic (exact) mass is 230 g/mol. The molecule has 2 N–H and O–H groups in total. The van der Waals surface area contributed by atoms with Gasteiger partial charge in [-0.3, -0.25) is 0 Å². The maximum atomic E-state index is 12.1. The van der Waals surface area contributed by atoms with Crippen molar-refractivity contribution in [2.45, 2.75) is 17.9 Å². The lowest BCUT2D eigenvalue weighted by Crippen LogP contribution is -2.46. The van der Waals surface area contributed by atoms with Crippen molar-refractivity contribution in [3.63, 3.8) is 0 Å². The van der Waals surface area contributed by atoms with Crippen molar-refractivity contribution in [1.29, 1.82) is 0 Å². The first kappa shape index (κ1) is 11.8. The van der Waals surface area contributed by atoms with E-state index in [0.717, 1.165) is 7.05 Å². The predicted octanol–water partition coefficient (Wildman–Crippen LogP) is -1.20. The molecule has 0 aromatic heterocycles. The third-order valence-electron chi connectivity index (χ3n) is 2.24. The van der Waals surface area contributed by atoms with Gasteiger partial charge in [0, 0.05) is 20.1 Å². The van der Waals surface area contributed by atoms with Gasteiger partial charge in [-0.25, -0.2) is 8.42 Å². The number of β-amino-alcohol motifs (C(OH)–C–C–N with tert-alkyl or cyclic N) is 1. The largest absolute Gasteiger partial charge is 0.390 e. The van der Waals surface area contributed by atoms with Crippen LogP contribution in [0.25, 0.3) is 0 Å². The quantitative estimate of drug-likeness (QED) is 0.639. The van der Waals surface area contributed by atoms with Crippen LogP contribution in [-0.4, -0.2) is 55.9 Å². The average Bonchev–Trinajstić information content (AvgIpc) is 2.49. The smallest absolute Gasteiger partial charge is 0.350 e. The molecule has 8 heteroatoms. The van der Waals surface area contributed by atoms with E-state index in [1.807, 2.05) is 0 Å². The summed E-state index contributed by atoms with van der Waals surface area (Å²) in [5, 5.41) is 12.0. The van der Waals surface area contributed by atoms with Crippen LogP contribution in [0.1, 0.15) is 0 Å². The second-order valence-corrected chi connectivity index (χ2v) is 5.08. The molecule has 1 rings (SSSR count). The van der Waals surface area contributed by atoms with Crippen LogP contribution in [0, 0.1) is 0 Å². The van der Waals surface area contributed by atoms with Crippen molar-refractivity contribution in [3.8, 4) is 0 Å². The standard InChI is InChI=1S/C6H12F2N2O3S/c1-10(14(12,13)6(7)8)4-2-9-3-5(4)11/h4-6,9,11H,2-3H2,1H3/t4-,5-/m1/s1. The number of hydrogen-bond donors (Lipinski definition) is 2. The van der Waals surface area contributed by atoms with Crippen LogP contribution in [0.4, 0.5) is 8.78 Å². The molecule has 0 amide bonds. The molecule has 0 radical (unpaired) electrons. The molecule has 1 heterocycles. The fourth-order valence-electron chi connectivity index (χ4n) is 1.34. The third kappa shape index (κ3) is 2.02. The normalized spacial score (nSPS) is 29.0. The number of aliphatic hydroxyl groups is 1. The van der Waals surface area contributed by atoms with Crippen LogP contribution in [-0.2, 0) is 10.0 Å². The summed E-state index contributed by atoms with van der Waals surface area (Å²) in [6.45, 7) is 0.400. The zero-order valence-electron chi connectivity index (χ0n) is 7.52. The molecule has 0 bridgehead atoms. The predicted molar refractivity (Wildman–Crippen MR) is 45.4 cm³/mol. The van der Waals surface area contributed by atoms with Crippen LogP contribution in [0.2, 0.25) is 0 Å². The lowest BCUT2D eigenvalue weighted by atomic mass is 10.2. The van der Waals surface area contributed by atoms with Crippen LogP contribution in [0.15, 0.2) is 0 Å². The fourth-order valence-corrected chi connectivity index (χ4v) is 2.18. The van der Waals surface area contributed by atoms with Crippen LogP contribution in [0.5, 0.6) is 0 Å². The number of likely N-dealkylation sites (N-methyl/N-ethyl adjacent to an activating group) is 1. The van der Waals surface area contributed by atoms with E-state index in [1.165, 1.54) is 0 Å². The zero-order chi connectivity index (χ0) is 10.9.